The van der Waals surface area contributed by atoms with Crippen LogP contribution in [0.5, 0.6) is 5.75 Å². The lowest BCUT2D eigenvalue weighted by molar-refractivity contribution is -0.186. The Bertz CT molecular complexity index is 590. The lowest BCUT2D eigenvalue weighted by Gasteiger charge is -2.24. The summed E-state index contributed by atoms with van der Waals surface area (Å²) in [6.45, 7) is 0.0941. The quantitative estimate of drug-likeness (QED) is 0.881. The molecule has 1 aliphatic heterocycles. The topological polar surface area (TPSA) is 69.6 Å². The van der Waals surface area contributed by atoms with Crippen LogP contribution in [-0.2, 0) is 16.0 Å². The molecule has 1 aliphatic rings. The number of halogens is 3. The van der Waals surface area contributed by atoms with Crippen LogP contribution in [0.1, 0.15) is 18.4 Å². The fraction of sp³-hybridized carbons (Fsp3) is 0.467. The molecular formula is C15H17F3N2O3. The minimum Gasteiger partial charge on any atom is -0.508 e. The molecule has 1 aromatic rings. The van der Waals surface area contributed by atoms with E-state index >= 15 is 0 Å². The summed E-state index contributed by atoms with van der Waals surface area (Å²) in [6.07, 6.45) is -4.05. The van der Waals surface area contributed by atoms with Gasteiger partial charge in [0.1, 0.15) is 11.8 Å². The number of likely N-dealkylation sites (tertiary alicyclic amines) is 1. The molecule has 0 aliphatic carbocycles. The molecule has 2 rings (SSSR count). The van der Waals surface area contributed by atoms with Gasteiger partial charge >= 0.3 is 12.1 Å². The Labute approximate surface area is 131 Å². The Balaban J connectivity index is 1.90. The predicted octanol–water partition coefficient (Wildman–Crippen LogP) is 1.60. The Morgan fingerprint density at radius 2 is 2.00 bits per heavy atom. The van der Waals surface area contributed by atoms with Crippen molar-refractivity contribution < 1.29 is 27.9 Å². The number of carbonyl (C=O) groups excluding carboxylic acids is 2. The van der Waals surface area contributed by atoms with Crippen LogP contribution in [0.4, 0.5) is 13.2 Å². The average molecular weight is 330 g/mol. The minimum absolute atomic E-state index is 0.0735. The highest BCUT2D eigenvalue weighted by atomic mass is 19.4. The highest BCUT2D eigenvalue weighted by Gasteiger charge is 2.47. The molecule has 1 unspecified atom stereocenters. The van der Waals surface area contributed by atoms with Gasteiger partial charge in [0.05, 0.1) is 0 Å². The molecule has 0 spiro atoms. The van der Waals surface area contributed by atoms with Crippen molar-refractivity contribution in [2.24, 2.45) is 0 Å². The van der Waals surface area contributed by atoms with Gasteiger partial charge in [-0.1, -0.05) is 18.2 Å². The van der Waals surface area contributed by atoms with E-state index in [9.17, 15) is 27.9 Å². The third-order valence-electron chi connectivity index (χ3n) is 3.74. The smallest absolute Gasteiger partial charge is 0.471 e. The van der Waals surface area contributed by atoms with Gasteiger partial charge in [0.25, 0.3) is 0 Å². The summed E-state index contributed by atoms with van der Waals surface area (Å²) in [7, 11) is 0. The zero-order chi connectivity index (χ0) is 17.0. The van der Waals surface area contributed by atoms with Crippen molar-refractivity contribution in [3.8, 4) is 5.75 Å². The molecule has 126 valence electrons. The molecule has 1 saturated heterocycles. The van der Waals surface area contributed by atoms with E-state index in [2.05, 4.69) is 5.32 Å². The van der Waals surface area contributed by atoms with Crippen LogP contribution in [-0.4, -0.2) is 47.1 Å². The van der Waals surface area contributed by atoms with Gasteiger partial charge < -0.3 is 15.3 Å². The highest BCUT2D eigenvalue weighted by molar-refractivity contribution is 5.90. The Kier molecular flexibility index (Phi) is 5.12. The number of nitrogens with one attached hydrogen (secondary N) is 1. The van der Waals surface area contributed by atoms with Crippen LogP contribution < -0.4 is 5.32 Å². The van der Waals surface area contributed by atoms with Crippen LogP contribution in [0.25, 0.3) is 0 Å². The highest BCUT2D eigenvalue weighted by Crippen LogP contribution is 2.25. The van der Waals surface area contributed by atoms with E-state index in [0.29, 0.717) is 23.3 Å². The van der Waals surface area contributed by atoms with Crippen molar-refractivity contribution >= 4 is 11.8 Å². The number of amides is 2. The van der Waals surface area contributed by atoms with Gasteiger partial charge in [0.2, 0.25) is 5.91 Å². The molecule has 5 nitrogen and oxygen atoms in total. The Morgan fingerprint density at radius 3 is 2.65 bits per heavy atom. The molecule has 2 amide bonds. The summed E-state index contributed by atoms with van der Waals surface area (Å²) in [5, 5.41) is 12.1. The maximum atomic E-state index is 12.5. The monoisotopic (exact) mass is 330 g/mol. The Hall–Kier alpha value is -2.25. The van der Waals surface area contributed by atoms with Crippen molar-refractivity contribution in [1.29, 1.82) is 0 Å². The number of aromatic hydroxyl groups is 1. The second-order valence-corrected chi connectivity index (χ2v) is 5.32. The molecule has 0 bridgehead atoms. The van der Waals surface area contributed by atoms with Gasteiger partial charge in [0, 0.05) is 13.1 Å². The number of hydrogen-bond acceptors (Lipinski definition) is 3. The molecule has 1 aromatic carbocycles. The largest absolute Gasteiger partial charge is 0.508 e. The fourth-order valence-corrected chi connectivity index (χ4v) is 2.61. The van der Waals surface area contributed by atoms with Crippen LogP contribution in [0.2, 0.25) is 0 Å². The van der Waals surface area contributed by atoms with E-state index in [-0.39, 0.29) is 25.3 Å². The number of rotatable bonds is 4. The summed E-state index contributed by atoms with van der Waals surface area (Å²) in [5.41, 5.74) is 0.627. The first kappa shape index (κ1) is 17.1. The van der Waals surface area contributed by atoms with Gasteiger partial charge in [-0.25, -0.2) is 0 Å². The normalized spacial score (nSPS) is 18.0. The number of benzene rings is 1. The van der Waals surface area contributed by atoms with Gasteiger partial charge in [-0.3, -0.25) is 9.59 Å². The summed E-state index contributed by atoms with van der Waals surface area (Å²) in [4.78, 5) is 23.9. The average Bonchev–Trinajstić information content (AvgIpc) is 2.96. The van der Waals surface area contributed by atoms with Crippen LogP contribution in [0.15, 0.2) is 24.3 Å². The zero-order valence-corrected chi connectivity index (χ0v) is 12.3. The molecule has 8 heteroatoms. The number of carbonyl (C=O) groups is 2. The van der Waals surface area contributed by atoms with E-state index in [0.717, 1.165) is 0 Å². The van der Waals surface area contributed by atoms with E-state index in [1.807, 2.05) is 0 Å². The fourth-order valence-electron chi connectivity index (χ4n) is 2.61. The van der Waals surface area contributed by atoms with Gasteiger partial charge in [-0.2, -0.15) is 13.2 Å². The second kappa shape index (κ2) is 6.89. The van der Waals surface area contributed by atoms with Crippen molar-refractivity contribution in [1.82, 2.24) is 10.2 Å². The van der Waals surface area contributed by atoms with Crippen molar-refractivity contribution in [2.45, 2.75) is 31.5 Å². The predicted molar refractivity (Wildman–Crippen MR) is 75.6 cm³/mol. The van der Waals surface area contributed by atoms with E-state index in [1.54, 1.807) is 18.2 Å². The molecule has 1 atom stereocenters. The number of phenols is 1. The number of phenolic OH excluding ortho intramolecular Hbond substituents is 1. The second-order valence-electron chi connectivity index (χ2n) is 5.32. The molecular weight excluding hydrogens is 313 g/mol. The van der Waals surface area contributed by atoms with Gasteiger partial charge in [-0.05, 0) is 30.9 Å². The first-order valence-corrected chi connectivity index (χ1v) is 7.23. The maximum Gasteiger partial charge on any atom is 0.471 e. The summed E-state index contributed by atoms with van der Waals surface area (Å²) < 4.78 is 37.5. The molecule has 23 heavy (non-hydrogen) atoms. The Morgan fingerprint density at radius 1 is 1.30 bits per heavy atom. The lowest BCUT2D eigenvalue weighted by atomic mass is 10.1. The maximum absolute atomic E-state index is 12.5. The number of alkyl halides is 3. The van der Waals surface area contributed by atoms with E-state index in [1.165, 1.54) is 6.07 Å². The zero-order valence-electron chi connectivity index (χ0n) is 12.3. The molecule has 1 fully saturated rings. The standard InChI is InChI=1S/C15H17F3N2O3/c16-15(17,18)14(23)20-9-3-5-11(20)13(22)19-8-7-10-4-1-2-6-12(10)21/h1-2,4,6,11,21H,3,5,7-9H2,(H,19,22). The van der Waals surface area contributed by atoms with Crippen molar-refractivity contribution in [3.05, 3.63) is 29.8 Å². The van der Waals surface area contributed by atoms with Crippen LogP contribution in [0, 0.1) is 0 Å². The van der Waals surface area contributed by atoms with Gasteiger partial charge in [-0.15, -0.1) is 0 Å². The summed E-state index contributed by atoms with van der Waals surface area (Å²) >= 11 is 0. The van der Waals surface area contributed by atoms with E-state index < -0.39 is 24.0 Å². The van der Waals surface area contributed by atoms with Crippen molar-refractivity contribution in [3.63, 3.8) is 0 Å². The summed E-state index contributed by atoms with van der Waals surface area (Å²) in [5.74, 6) is -2.48. The molecule has 0 aromatic heterocycles. The van der Waals surface area contributed by atoms with Crippen LogP contribution >= 0.6 is 0 Å². The van der Waals surface area contributed by atoms with E-state index in [4.69, 9.17) is 0 Å². The third kappa shape index (κ3) is 4.14. The molecule has 2 N–H and O–H groups in total. The summed E-state index contributed by atoms with van der Waals surface area (Å²) in [6, 6.07) is 5.51. The molecule has 0 saturated carbocycles. The van der Waals surface area contributed by atoms with Crippen molar-refractivity contribution in [2.75, 3.05) is 13.1 Å². The lowest BCUT2D eigenvalue weighted by Crippen LogP contribution is -2.50. The van der Waals surface area contributed by atoms with Crippen LogP contribution in [0.3, 0.4) is 0 Å². The number of para-hydroxylation sites is 1. The first-order chi connectivity index (χ1) is 10.8. The minimum atomic E-state index is -4.97. The number of hydrogen-bond donors (Lipinski definition) is 2. The third-order valence-corrected chi connectivity index (χ3v) is 3.74. The molecule has 1 heterocycles. The molecule has 0 radical (unpaired) electrons. The number of nitrogens with zero attached hydrogens (tertiary/aromatic N) is 1. The first-order valence-electron chi connectivity index (χ1n) is 7.23. The van der Waals surface area contributed by atoms with Gasteiger partial charge in [0.15, 0.2) is 0 Å². The SMILES string of the molecule is O=C(NCCc1ccccc1O)C1CCCN1C(=O)C(F)(F)F.